The van der Waals surface area contributed by atoms with Gasteiger partial charge in [-0.1, -0.05) is 256 Å². The summed E-state index contributed by atoms with van der Waals surface area (Å²) in [4.78, 5) is 0. The summed E-state index contributed by atoms with van der Waals surface area (Å²) < 4.78 is 0. The molecule has 5 heteroatoms. The van der Waals surface area contributed by atoms with Gasteiger partial charge in [-0.15, -0.1) is 6.58 Å². The van der Waals surface area contributed by atoms with Crippen molar-refractivity contribution in [3.8, 4) is 6.07 Å². The van der Waals surface area contributed by atoms with E-state index in [2.05, 4.69) is 119 Å². The Morgan fingerprint density at radius 3 is 1.70 bits per heavy atom. The van der Waals surface area contributed by atoms with Crippen LogP contribution in [0.4, 0.5) is 5.69 Å². The van der Waals surface area contributed by atoms with Crippen LogP contribution in [0.5, 0.6) is 0 Å². The van der Waals surface area contributed by atoms with E-state index in [1.54, 1.807) is 6.08 Å². The molecule has 3 N–H and O–H groups in total. The number of nitrogens with two attached hydrogens (primary N) is 1. The highest BCUT2D eigenvalue weighted by Crippen LogP contribution is 2.46. The zero-order valence-electron chi connectivity index (χ0n) is 45.3. The molecule has 3 nitrogen and oxygen atoms in total. The van der Waals surface area contributed by atoms with Gasteiger partial charge >= 0.3 is 0 Å². The maximum Gasteiger partial charge on any atom is 0.133 e. The van der Waals surface area contributed by atoms with E-state index >= 15 is 0 Å². The number of halogens is 2. The number of hydrogen-bond acceptors (Lipinski definition) is 2. The molecule has 0 aliphatic carbocycles. The second kappa shape index (κ2) is 47.8. The van der Waals surface area contributed by atoms with Crippen LogP contribution in [0.15, 0.2) is 132 Å². The molecular weight excluding hydrogens is 858 g/mol. The zero-order valence-corrected chi connectivity index (χ0v) is 46.8. The topological polar surface area (TPSA) is 52.4 Å². The van der Waals surface area contributed by atoms with Gasteiger partial charge in [0.1, 0.15) is 5.69 Å². The molecule has 0 aliphatic heterocycles. The fourth-order valence-electron chi connectivity index (χ4n) is 8.48. The second-order valence-corrected chi connectivity index (χ2v) is 18.5. The van der Waals surface area contributed by atoms with Crippen LogP contribution in [0.3, 0.4) is 0 Å². The number of nitrogens with one attached hydrogen (secondary N) is 1. The summed E-state index contributed by atoms with van der Waals surface area (Å²) in [6.45, 7) is 39.1. The highest BCUT2D eigenvalue weighted by atomic mass is 35.5. The molecule has 0 heterocycles. The van der Waals surface area contributed by atoms with Gasteiger partial charge in [0.25, 0.3) is 0 Å². The Labute approximate surface area is 427 Å². The fraction of sp³-hybridized carbons (Fsp3) is 0.597. The molecule has 0 radical (unpaired) electrons. The van der Waals surface area contributed by atoms with Crippen LogP contribution in [0.2, 0.25) is 0 Å². The SMILES string of the molecule is C=C(Cl)CC(CCCCCCCCCC)(C(=C)/C=C\C=C/C)\C(=C/C=C(C#N)/C=C/CC(CCCCCCCCCC)(CC(=C)Cl)c1ccccc1[NH2+]CCC)NCCC.C=CC.CC.CC. The number of allylic oxidation sites excluding steroid dienone is 13. The average Bonchev–Trinajstić information content (AvgIpc) is 3.32. The molecule has 0 saturated carbocycles. The van der Waals surface area contributed by atoms with Gasteiger partial charge in [0, 0.05) is 38.7 Å². The van der Waals surface area contributed by atoms with Gasteiger partial charge < -0.3 is 10.6 Å². The number of nitriles is 1. The lowest BCUT2D eigenvalue weighted by atomic mass is 9.70. The molecule has 0 amide bonds. The number of unbranched alkanes of at least 4 members (excludes halogenated alkanes) is 14. The van der Waals surface area contributed by atoms with Gasteiger partial charge in [0.05, 0.1) is 18.2 Å². The lowest BCUT2D eigenvalue weighted by Gasteiger charge is -2.38. The summed E-state index contributed by atoms with van der Waals surface area (Å²) in [6.07, 6.45) is 44.4. The van der Waals surface area contributed by atoms with Gasteiger partial charge in [-0.3, -0.25) is 0 Å². The summed E-state index contributed by atoms with van der Waals surface area (Å²) in [7, 11) is 0. The third kappa shape index (κ3) is 32.2. The summed E-state index contributed by atoms with van der Waals surface area (Å²) >= 11 is 13.5. The Morgan fingerprint density at radius 2 is 1.21 bits per heavy atom. The summed E-state index contributed by atoms with van der Waals surface area (Å²) in [5.74, 6) is 0. The third-order valence-corrected chi connectivity index (χ3v) is 12.1. The molecular formula is C62H104Cl2N3+. The average molecular weight is 962 g/mol. The van der Waals surface area contributed by atoms with Gasteiger partial charge in [-0.05, 0) is 88.7 Å². The highest BCUT2D eigenvalue weighted by molar-refractivity contribution is 6.29. The van der Waals surface area contributed by atoms with Crippen molar-refractivity contribution in [3.63, 3.8) is 0 Å². The van der Waals surface area contributed by atoms with Crippen LogP contribution in [0.1, 0.15) is 222 Å². The zero-order chi connectivity index (χ0) is 51.0. The van der Waals surface area contributed by atoms with E-state index in [1.165, 1.54) is 94.7 Å². The van der Waals surface area contributed by atoms with Gasteiger partial charge in [0.15, 0.2) is 0 Å². The van der Waals surface area contributed by atoms with Crippen molar-refractivity contribution in [2.24, 2.45) is 5.41 Å². The molecule has 1 rings (SSSR count). The van der Waals surface area contributed by atoms with Crippen LogP contribution >= 0.6 is 23.2 Å². The first-order valence-electron chi connectivity index (χ1n) is 26.9. The molecule has 2 atom stereocenters. The Hall–Kier alpha value is -3.29. The fourth-order valence-corrected chi connectivity index (χ4v) is 8.97. The standard InChI is InChI=1S/C55H85Cl2N3.C3H6.2C2H6/c1-9-14-17-19-21-23-25-30-39-54(44-48(7)56,51-35-28-29-36-52(51)59-42-12-4)40-32-34-50(46-58)37-38-53(60-43-13-5)55(45-49(8)57,47(6)33-27-16-11-3)41-31-26-24-22-20-18-15-10-2;1-3-2;2*1-2/h11,16,27-29,32-38,59-60H,6-10,12-15,17-26,30-31,39-45H2,1-5H3;3H,1H2,2H3;2*1-2H3/p+1/b16-11-,33-27-,34-32+,50-37-,53-38+;;;. The number of quaternary nitrogens is 1. The molecule has 0 spiro atoms. The van der Waals surface area contributed by atoms with E-state index in [-0.39, 0.29) is 5.41 Å². The van der Waals surface area contributed by atoms with E-state index in [0.717, 1.165) is 75.7 Å². The van der Waals surface area contributed by atoms with E-state index in [1.807, 2.05) is 65.8 Å². The number of benzene rings is 1. The van der Waals surface area contributed by atoms with Crippen molar-refractivity contribution < 1.29 is 5.32 Å². The van der Waals surface area contributed by atoms with Crippen molar-refractivity contribution in [2.45, 2.75) is 222 Å². The first-order valence-corrected chi connectivity index (χ1v) is 27.6. The summed E-state index contributed by atoms with van der Waals surface area (Å²) in [5.41, 5.74) is 4.53. The Morgan fingerprint density at radius 1 is 0.687 bits per heavy atom. The maximum absolute atomic E-state index is 10.6. The minimum Gasteiger partial charge on any atom is -0.388 e. The minimum absolute atomic E-state index is 0.231. The highest BCUT2D eigenvalue weighted by Gasteiger charge is 2.37. The molecule has 0 aromatic heterocycles. The van der Waals surface area contributed by atoms with E-state index in [4.69, 9.17) is 23.2 Å². The van der Waals surface area contributed by atoms with Crippen LogP contribution in [0.25, 0.3) is 0 Å². The molecule has 0 aliphatic rings. The number of para-hydroxylation sites is 1. The van der Waals surface area contributed by atoms with E-state index in [9.17, 15) is 5.26 Å². The van der Waals surface area contributed by atoms with Crippen molar-refractivity contribution in [1.82, 2.24) is 5.32 Å². The van der Waals surface area contributed by atoms with Gasteiger partial charge in [-0.25, -0.2) is 0 Å². The predicted molar refractivity (Wildman–Crippen MR) is 306 cm³/mol. The third-order valence-electron chi connectivity index (χ3n) is 11.8. The maximum atomic E-state index is 10.6. The normalized spacial score (nSPS) is 13.3. The lowest BCUT2D eigenvalue weighted by Crippen LogP contribution is -2.78. The van der Waals surface area contributed by atoms with Gasteiger partial charge in [-0.2, -0.15) is 5.26 Å². The van der Waals surface area contributed by atoms with Crippen molar-refractivity contribution in [3.05, 3.63) is 138 Å². The molecule has 67 heavy (non-hydrogen) atoms. The first-order chi connectivity index (χ1) is 32.5. The Bertz CT molecular complexity index is 1600. The van der Waals surface area contributed by atoms with Crippen LogP contribution in [-0.4, -0.2) is 13.1 Å². The largest absolute Gasteiger partial charge is 0.388 e. The van der Waals surface area contributed by atoms with Crippen molar-refractivity contribution >= 4 is 28.9 Å². The summed E-state index contributed by atoms with van der Waals surface area (Å²) in [5, 5.41) is 18.0. The van der Waals surface area contributed by atoms with E-state index < -0.39 is 5.41 Å². The molecule has 0 fully saturated rings. The first kappa shape index (κ1) is 68.0. The smallest absolute Gasteiger partial charge is 0.133 e. The molecule has 1 aromatic rings. The minimum atomic E-state index is -0.486. The summed E-state index contributed by atoms with van der Waals surface area (Å²) in [6, 6.07) is 11.4. The Balaban J connectivity index is -0.00000553. The molecule has 1 aromatic carbocycles. The molecule has 0 bridgehead atoms. The molecule has 0 saturated heterocycles. The predicted octanol–water partition coefficient (Wildman–Crippen LogP) is 20.1. The monoisotopic (exact) mass is 961 g/mol. The van der Waals surface area contributed by atoms with Crippen molar-refractivity contribution in [1.29, 1.82) is 5.26 Å². The second-order valence-electron chi connectivity index (χ2n) is 17.4. The van der Waals surface area contributed by atoms with Gasteiger partial charge in [0.2, 0.25) is 0 Å². The van der Waals surface area contributed by atoms with Crippen molar-refractivity contribution in [2.75, 3.05) is 13.1 Å². The Kier molecular flexibility index (Phi) is 48.5. The van der Waals surface area contributed by atoms with Crippen LogP contribution in [-0.2, 0) is 5.41 Å². The van der Waals surface area contributed by atoms with E-state index in [0.29, 0.717) is 28.5 Å². The number of rotatable bonds is 37. The molecule has 380 valence electrons. The molecule has 2 unspecified atom stereocenters. The van der Waals surface area contributed by atoms with Crippen LogP contribution in [0, 0.1) is 16.7 Å². The lowest BCUT2D eigenvalue weighted by molar-refractivity contribution is -0.572. The number of hydrogen-bond donors (Lipinski definition) is 2. The quantitative estimate of drug-likeness (QED) is 0.0230. The van der Waals surface area contributed by atoms with Crippen LogP contribution < -0.4 is 10.6 Å². The number of nitrogens with zero attached hydrogens (tertiary/aromatic N) is 1.